The third-order valence-corrected chi connectivity index (χ3v) is 3.59. The molecular formula is C12H17NO4. The molecule has 1 amide bonds. The van der Waals surface area contributed by atoms with Gasteiger partial charge in [-0.25, -0.2) is 4.79 Å². The van der Waals surface area contributed by atoms with Gasteiger partial charge < -0.3 is 15.2 Å². The highest BCUT2D eigenvalue weighted by molar-refractivity contribution is 5.73. The Bertz CT molecular complexity index is 335. The van der Waals surface area contributed by atoms with Gasteiger partial charge in [0.25, 0.3) is 0 Å². The second-order valence-corrected chi connectivity index (χ2v) is 4.80. The van der Waals surface area contributed by atoms with Gasteiger partial charge >= 0.3 is 12.1 Å². The Balaban J connectivity index is 1.61. The quantitative estimate of drug-likeness (QED) is 0.711. The van der Waals surface area contributed by atoms with Crippen LogP contribution in [-0.2, 0) is 9.53 Å². The van der Waals surface area contributed by atoms with E-state index in [0.717, 1.165) is 19.3 Å². The van der Waals surface area contributed by atoms with E-state index in [1.807, 2.05) is 0 Å². The molecule has 0 aromatic carbocycles. The summed E-state index contributed by atoms with van der Waals surface area (Å²) in [6, 6.07) is 0.146. The summed E-state index contributed by atoms with van der Waals surface area (Å²) < 4.78 is 4.81. The van der Waals surface area contributed by atoms with Gasteiger partial charge in [0.1, 0.15) is 6.61 Å². The van der Waals surface area contributed by atoms with Crippen LogP contribution in [0.3, 0.4) is 0 Å². The molecule has 2 N–H and O–H groups in total. The Kier molecular flexibility index (Phi) is 3.36. The van der Waals surface area contributed by atoms with Crippen LogP contribution in [0.4, 0.5) is 4.79 Å². The van der Waals surface area contributed by atoms with Crippen molar-refractivity contribution >= 4 is 12.1 Å². The summed E-state index contributed by atoms with van der Waals surface area (Å²) in [5, 5.41) is 11.6. The van der Waals surface area contributed by atoms with Crippen molar-refractivity contribution in [3.8, 4) is 0 Å². The largest absolute Gasteiger partial charge is 0.481 e. The molecule has 2 saturated carbocycles. The van der Waals surface area contributed by atoms with Crippen LogP contribution in [0.1, 0.15) is 19.3 Å². The van der Waals surface area contributed by atoms with Crippen molar-refractivity contribution in [2.75, 3.05) is 6.61 Å². The van der Waals surface area contributed by atoms with Gasteiger partial charge in [0.15, 0.2) is 0 Å². The number of hydrogen-bond donors (Lipinski definition) is 2. The van der Waals surface area contributed by atoms with Gasteiger partial charge in [-0.2, -0.15) is 0 Å². The van der Waals surface area contributed by atoms with E-state index in [9.17, 15) is 9.59 Å². The summed E-state index contributed by atoms with van der Waals surface area (Å²) in [4.78, 5) is 21.9. The number of aliphatic carboxylic acids is 1. The summed E-state index contributed by atoms with van der Waals surface area (Å²) in [6.45, 7) is 3.67. The highest BCUT2D eigenvalue weighted by Gasteiger charge is 2.51. The number of rotatable bonds is 5. The Morgan fingerprint density at radius 1 is 1.41 bits per heavy atom. The third kappa shape index (κ3) is 2.78. The molecule has 2 aliphatic rings. The molecule has 0 aromatic rings. The first kappa shape index (κ1) is 12.0. The van der Waals surface area contributed by atoms with E-state index >= 15 is 0 Å². The first-order valence-electron chi connectivity index (χ1n) is 5.88. The summed E-state index contributed by atoms with van der Waals surface area (Å²) in [6.07, 6.45) is 3.65. The Labute approximate surface area is 99.8 Å². The molecule has 0 aliphatic heterocycles. The van der Waals surface area contributed by atoms with Crippen molar-refractivity contribution in [1.29, 1.82) is 0 Å². The average molecular weight is 239 g/mol. The second-order valence-electron chi connectivity index (χ2n) is 4.80. The van der Waals surface area contributed by atoms with Crippen molar-refractivity contribution in [3.05, 3.63) is 12.7 Å². The average Bonchev–Trinajstić information content (AvgIpc) is 2.99. The zero-order chi connectivity index (χ0) is 12.4. The molecule has 0 heterocycles. The monoisotopic (exact) mass is 239 g/mol. The molecule has 2 atom stereocenters. The second kappa shape index (κ2) is 4.77. The van der Waals surface area contributed by atoms with Gasteiger partial charge in [-0.3, -0.25) is 4.79 Å². The normalized spacial score (nSPS) is 34.4. The van der Waals surface area contributed by atoms with Gasteiger partial charge in [0.2, 0.25) is 0 Å². The van der Waals surface area contributed by atoms with Gasteiger partial charge in [-0.15, -0.1) is 0 Å². The van der Waals surface area contributed by atoms with E-state index in [1.165, 1.54) is 6.08 Å². The fourth-order valence-electron chi connectivity index (χ4n) is 2.49. The number of ether oxygens (including phenoxy) is 1. The first-order chi connectivity index (χ1) is 8.11. The maximum atomic E-state index is 11.2. The lowest BCUT2D eigenvalue weighted by atomic mass is 9.76. The molecule has 5 nitrogen and oxygen atoms in total. The summed E-state index contributed by atoms with van der Waals surface area (Å²) in [7, 11) is 0. The predicted octanol–water partition coefficient (Wildman–Crippen LogP) is 1.40. The molecule has 17 heavy (non-hydrogen) atoms. The van der Waals surface area contributed by atoms with Crippen molar-refractivity contribution in [3.63, 3.8) is 0 Å². The molecule has 0 radical (unpaired) electrons. The van der Waals surface area contributed by atoms with Crippen LogP contribution in [0.2, 0.25) is 0 Å². The van der Waals surface area contributed by atoms with Crippen LogP contribution >= 0.6 is 0 Å². The van der Waals surface area contributed by atoms with Crippen LogP contribution in [-0.4, -0.2) is 29.8 Å². The van der Waals surface area contributed by atoms with Crippen LogP contribution < -0.4 is 5.32 Å². The van der Waals surface area contributed by atoms with Crippen LogP contribution in [0.5, 0.6) is 0 Å². The third-order valence-electron chi connectivity index (χ3n) is 3.59. The lowest BCUT2D eigenvalue weighted by Crippen LogP contribution is -2.45. The number of carboxylic acid groups (broad SMARTS) is 1. The van der Waals surface area contributed by atoms with Gasteiger partial charge in [-0.05, 0) is 31.1 Å². The summed E-state index contributed by atoms with van der Waals surface area (Å²) in [5.41, 5.74) is 0. The van der Waals surface area contributed by atoms with Crippen LogP contribution in [0.25, 0.3) is 0 Å². The Morgan fingerprint density at radius 2 is 2.12 bits per heavy atom. The van der Waals surface area contributed by atoms with E-state index in [4.69, 9.17) is 9.84 Å². The predicted molar refractivity (Wildman–Crippen MR) is 60.4 cm³/mol. The standard InChI is InChI=1S/C12H17NO4/c1-2-3-17-12(16)13-8-4-7(5-8)9-6-10(9)11(14)15/h2,7-10H,1,3-6H2,(H,13,16)(H,14,15). The van der Waals surface area contributed by atoms with Gasteiger partial charge in [-0.1, -0.05) is 12.7 Å². The Morgan fingerprint density at radius 3 is 2.65 bits per heavy atom. The molecular weight excluding hydrogens is 222 g/mol. The number of hydrogen-bond acceptors (Lipinski definition) is 3. The number of carbonyl (C=O) groups excluding carboxylic acids is 1. The molecule has 2 unspecified atom stereocenters. The Hall–Kier alpha value is -1.52. The number of nitrogens with one attached hydrogen (secondary N) is 1. The molecule has 2 rings (SSSR count). The zero-order valence-corrected chi connectivity index (χ0v) is 9.59. The molecule has 2 aliphatic carbocycles. The van der Waals surface area contributed by atoms with Gasteiger partial charge in [0, 0.05) is 6.04 Å². The van der Waals surface area contributed by atoms with Crippen molar-refractivity contribution in [2.45, 2.75) is 25.3 Å². The van der Waals surface area contributed by atoms with E-state index < -0.39 is 12.1 Å². The van der Waals surface area contributed by atoms with Crippen molar-refractivity contribution in [1.82, 2.24) is 5.32 Å². The number of carbonyl (C=O) groups is 2. The molecule has 5 heteroatoms. The molecule has 0 bridgehead atoms. The molecule has 0 saturated heterocycles. The molecule has 94 valence electrons. The highest BCUT2D eigenvalue weighted by Crippen LogP contribution is 2.51. The van der Waals surface area contributed by atoms with Gasteiger partial charge in [0.05, 0.1) is 5.92 Å². The summed E-state index contributed by atoms with van der Waals surface area (Å²) >= 11 is 0. The van der Waals surface area contributed by atoms with Crippen LogP contribution in [0, 0.1) is 17.8 Å². The first-order valence-corrected chi connectivity index (χ1v) is 5.88. The minimum atomic E-state index is -0.684. The molecule has 0 spiro atoms. The fraction of sp³-hybridized carbons (Fsp3) is 0.667. The number of amides is 1. The SMILES string of the molecule is C=CCOC(=O)NC1CC(C2CC2C(=O)O)C1. The molecule has 2 fully saturated rings. The van der Waals surface area contributed by atoms with E-state index in [2.05, 4.69) is 11.9 Å². The minimum absolute atomic E-state index is 0.145. The maximum Gasteiger partial charge on any atom is 0.407 e. The van der Waals surface area contributed by atoms with Crippen LogP contribution in [0.15, 0.2) is 12.7 Å². The zero-order valence-electron chi connectivity index (χ0n) is 9.59. The number of alkyl carbamates (subject to hydrolysis) is 1. The topological polar surface area (TPSA) is 75.6 Å². The number of carboxylic acids is 1. The lowest BCUT2D eigenvalue weighted by Gasteiger charge is -2.35. The fourth-order valence-corrected chi connectivity index (χ4v) is 2.49. The smallest absolute Gasteiger partial charge is 0.407 e. The van der Waals surface area contributed by atoms with Crippen molar-refractivity contribution < 1.29 is 19.4 Å². The summed E-state index contributed by atoms with van der Waals surface area (Å²) in [5.74, 6) is -0.0407. The highest BCUT2D eigenvalue weighted by atomic mass is 16.5. The maximum absolute atomic E-state index is 11.2. The van der Waals surface area contributed by atoms with E-state index in [1.54, 1.807) is 0 Å². The molecule has 0 aromatic heterocycles. The lowest BCUT2D eigenvalue weighted by molar-refractivity contribution is -0.139. The minimum Gasteiger partial charge on any atom is -0.481 e. The van der Waals surface area contributed by atoms with E-state index in [-0.39, 0.29) is 18.6 Å². The van der Waals surface area contributed by atoms with E-state index in [0.29, 0.717) is 11.8 Å². The van der Waals surface area contributed by atoms with Crippen molar-refractivity contribution in [2.24, 2.45) is 17.8 Å².